The minimum Gasteiger partial charge on any atom is -0.511 e. The third kappa shape index (κ3) is 4.41. The Morgan fingerprint density at radius 1 is 1.35 bits per heavy atom. The number of oxime groups is 1. The van der Waals surface area contributed by atoms with Gasteiger partial charge in [-0.1, -0.05) is 5.16 Å². The van der Waals surface area contributed by atoms with Gasteiger partial charge in [-0.3, -0.25) is 9.59 Å². The molecular formula is C19H24N2O5. The van der Waals surface area contributed by atoms with Crippen LogP contribution in [0.15, 0.2) is 34.7 Å². The summed E-state index contributed by atoms with van der Waals surface area (Å²) in [6, 6.07) is 5.25. The number of hydrogen-bond donors (Lipinski definition) is 2. The van der Waals surface area contributed by atoms with Crippen molar-refractivity contribution in [2.24, 2.45) is 5.16 Å². The van der Waals surface area contributed by atoms with Gasteiger partial charge in [-0.25, -0.2) is 0 Å². The molecule has 1 unspecified atom stereocenters. The van der Waals surface area contributed by atoms with Crippen molar-refractivity contribution in [2.45, 2.75) is 39.5 Å². The lowest BCUT2D eigenvalue weighted by Gasteiger charge is -2.25. The molecule has 1 atom stereocenters. The molecule has 7 nitrogen and oxygen atoms in total. The van der Waals surface area contributed by atoms with Crippen LogP contribution >= 0.6 is 0 Å². The number of methoxy groups -OCH3 is 1. The quantitative estimate of drug-likeness (QED) is 0.599. The summed E-state index contributed by atoms with van der Waals surface area (Å²) in [6.07, 6.45) is 0.484. The highest BCUT2D eigenvalue weighted by Crippen LogP contribution is 2.39. The summed E-state index contributed by atoms with van der Waals surface area (Å²) in [5.41, 5.74) is 1.96. The average molecular weight is 360 g/mol. The van der Waals surface area contributed by atoms with E-state index in [0.717, 1.165) is 5.56 Å². The van der Waals surface area contributed by atoms with E-state index in [2.05, 4.69) is 10.5 Å². The number of rotatable bonds is 6. The summed E-state index contributed by atoms with van der Waals surface area (Å²) in [7, 11) is 1.54. The molecule has 1 aromatic rings. The molecule has 0 aromatic heterocycles. The van der Waals surface area contributed by atoms with Crippen molar-refractivity contribution in [3.63, 3.8) is 0 Å². The molecule has 1 aliphatic carbocycles. The number of Topliss-reactive ketones (excluding diaryl/α,β-unsaturated/α-hetero) is 1. The largest absolute Gasteiger partial charge is 0.511 e. The van der Waals surface area contributed by atoms with Gasteiger partial charge in [0.25, 0.3) is 0 Å². The molecule has 0 heterocycles. The van der Waals surface area contributed by atoms with Crippen LogP contribution in [0.25, 0.3) is 0 Å². The van der Waals surface area contributed by atoms with Gasteiger partial charge < -0.3 is 20.0 Å². The van der Waals surface area contributed by atoms with E-state index in [-0.39, 0.29) is 41.8 Å². The van der Waals surface area contributed by atoms with Crippen LogP contribution < -0.4 is 10.1 Å². The lowest BCUT2D eigenvalue weighted by molar-refractivity contribution is -0.116. The van der Waals surface area contributed by atoms with Gasteiger partial charge in [0.05, 0.1) is 18.4 Å². The number of aliphatic hydroxyl groups is 1. The Hall–Kier alpha value is -2.83. The Kier molecular flexibility index (Phi) is 6.38. The normalized spacial score (nSPS) is 17.9. The smallest absolute Gasteiger partial charge is 0.221 e. The second kappa shape index (κ2) is 8.51. The molecule has 7 heteroatoms. The van der Waals surface area contributed by atoms with Crippen LogP contribution in [0, 0.1) is 0 Å². The van der Waals surface area contributed by atoms with Gasteiger partial charge in [0, 0.05) is 36.9 Å². The van der Waals surface area contributed by atoms with Crippen molar-refractivity contribution < 1.29 is 24.3 Å². The summed E-state index contributed by atoms with van der Waals surface area (Å²) in [4.78, 5) is 28.9. The topological polar surface area (TPSA) is 97.2 Å². The van der Waals surface area contributed by atoms with Gasteiger partial charge in [0.15, 0.2) is 5.78 Å². The van der Waals surface area contributed by atoms with Gasteiger partial charge in [-0.05, 0) is 32.0 Å². The standard InChI is InChI=1S/C19H24N2O5/c1-5-26-21-11(2)19-16(23)8-13(9-17(19)24)15-10-14(20-12(3)22)6-7-18(15)25-4/h6-7,10,13,23H,5,8-9H2,1-4H3,(H,20,22). The van der Waals surface area contributed by atoms with E-state index >= 15 is 0 Å². The van der Waals surface area contributed by atoms with Crippen molar-refractivity contribution >= 4 is 23.1 Å². The number of ether oxygens (including phenoxy) is 1. The summed E-state index contributed by atoms with van der Waals surface area (Å²) >= 11 is 0. The van der Waals surface area contributed by atoms with Crippen LogP contribution in [-0.4, -0.2) is 36.2 Å². The first-order valence-corrected chi connectivity index (χ1v) is 8.45. The zero-order valence-electron chi connectivity index (χ0n) is 15.5. The SMILES string of the molecule is CCON=C(C)C1=C(O)CC(c2cc(NC(C)=O)ccc2OC)CC1=O. The third-order valence-electron chi connectivity index (χ3n) is 4.12. The first-order valence-electron chi connectivity index (χ1n) is 8.45. The minimum atomic E-state index is -0.255. The molecule has 1 amide bonds. The van der Waals surface area contributed by atoms with Crippen molar-refractivity contribution in [3.8, 4) is 5.75 Å². The van der Waals surface area contributed by atoms with Crippen molar-refractivity contribution in [1.29, 1.82) is 0 Å². The molecule has 2 rings (SSSR count). The van der Waals surface area contributed by atoms with Gasteiger partial charge in [-0.2, -0.15) is 0 Å². The molecule has 0 bridgehead atoms. The highest BCUT2D eigenvalue weighted by Gasteiger charge is 2.32. The molecule has 0 radical (unpaired) electrons. The number of nitrogens with one attached hydrogen (secondary N) is 1. The number of ketones is 1. The first kappa shape index (κ1) is 19.5. The van der Waals surface area contributed by atoms with Gasteiger partial charge in [-0.15, -0.1) is 0 Å². The predicted octanol–water partition coefficient (Wildman–Crippen LogP) is 3.32. The third-order valence-corrected chi connectivity index (χ3v) is 4.12. The number of nitrogens with zero attached hydrogens (tertiary/aromatic N) is 1. The van der Waals surface area contributed by atoms with Gasteiger partial charge in [0.1, 0.15) is 18.1 Å². The van der Waals surface area contributed by atoms with Crippen molar-refractivity contribution in [1.82, 2.24) is 0 Å². The Labute approximate surface area is 152 Å². The van der Waals surface area contributed by atoms with Crippen LogP contribution in [-0.2, 0) is 14.4 Å². The maximum Gasteiger partial charge on any atom is 0.221 e. The van der Waals surface area contributed by atoms with Crippen LogP contribution in [0.3, 0.4) is 0 Å². The Bertz CT molecular complexity index is 767. The highest BCUT2D eigenvalue weighted by molar-refractivity contribution is 6.22. The number of benzene rings is 1. The predicted molar refractivity (Wildman–Crippen MR) is 98.7 cm³/mol. The van der Waals surface area contributed by atoms with Crippen LogP contribution in [0.4, 0.5) is 5.69 Å². The van der Waals surface area contributed by atoms with Crippen molar-refractivity contribution in [3.05, 3.63) is 35.1 Å². The van der Waals surface area contributed by atoms with Crippen LogP contribution in [0.1, 0.15) is 45.1 Å². The second-order valence-electron chi connectivity index (χ2n) is 6.08. The fourth-order valence-electron chi connectivity index (χ4n) is 3.07. The van der Waals surface area contributed by atoms with E-state index in [1.54, 1.807) is 39.2 Å². The molecule has 1 aliphatic rings. The first-order chi connectivity index (χ1) is 12.4. The van der Waals surface area contributed by atoms with Crippen LogP contribution in [0.5, 0.6) is 5.75 Å². The number of aliphatic hydroxyl groups excluding tert-OH is 1. The summed E-state index contributed by atoms with van der Waals surface area (Å²) < 4.78 is 5.39. The van der Waals surface area contributed by atoms with E-state index in [1.165, 1.54) is 6.92 Å². The second-order valence-corrected chi connectivity index (χ2v) is 6.08. The molecule has 0 saturated carbocycles. The molecule has 2 N–H and O–H groups in total. The molecular weight excluding hydrogens is 336 g/mol. The van der Waals surface area contributed by atoms with Crippen molar-refractivity contribution in [2.75, 3.05) is 19.0 Å². The lowest BCUT2D eigenvalue weighted by atomic mass is 9.81. The number of anilines is 1. The Balaban J connectivity index is 2.36. The Morgan fingerprint density at radius 3 is 2.65 bits per heavy atom. The monoisotopic (exact) mass is 360 g/mol. The highest BCUT2D eigenvalue weighted by atomic mass is 16.6. The van der Waals surface area contributed by atoms with E-state index < -0.39 is 0 Å². The van der Waals surface area contributed by atoms with E-state index in [4.69, 9.17) is 9.57 Å². The fraction of sp³-hybridized carbons (Fsp3) is 0.421. The summed E-state index contributed by atoms with van der Waals surface area (Å²) in [6.45, 7) is 5.24. The fourth-order valence-corrected chi connectivity index (χ4v) is 3.07. The molecule has 0 fully saturated rings. The summed E-state index contributed by atoms with van der Waals surface area (Å²) in [5, 5.41) is 17.0. The lowest BCUT2D eigenvalue weighted by Crippen LogP contribution is -2.23. The molecule has 0 aliphatic heterocycles. The average Bonchev–Trinajstić information content (AvgIpc) is 2.58. The molecule has 26 heavy (non-hydrogen) atoms. The number of carbonyl (C=O) groups is 2. The van der Waals surface area contributed by atoms with Gasteiger partial charge in [0.2, 0.25) is 5.91 Å². The molecule has 140 valence electrons. The number of amides is 1. The number of hydrogen-bond acceptors (Lipinski definition) is 6. The van der Waals surface area contributed by atoms with E-state index in [0.29, 0.717) is 23.8 Å². The van der Waals surface area contributed by atoms with E-state index in [9.17, 15) is 14.7 Å². The number of carbonyl (C=O) groups excluding carboxylic acids is 2. The minimum absolute atomic E-state index is 0.0146. The number of allylic oxidation sites excluding steroid dienone is 2. The van der Waals surface area contributed by atoms with Gasteiger partial charge >= 0.3 is 0 Å². The molecule has 1 aromatic carbocycles. The summed E-state index contributed by atoms with van der Waals surface area (Å²) in [5.74, 6) is -0.0536. The molecule has 0 spiro atoms. The Morgan fingerprint density at radius 2 is 2.08 bits per heavy atom. The zero-order chi connectivity index (χ0) is 19.3. The zero-order valence-corrected chi connectivity index (χ0v) is 15.5. The maximum atomic E-state index is 12.6. The van der Waals surface area contributed by atoms with E-state index in [1.807, 2.05) is 0 Å². The maximum absolute atomic E-state index is 12.6. The molecule has 0 saturated heterocycles. The van der Waals surface area contributed by atoms with Crippen LogP contribution in [0.2, 0.25) is 0 Å².